The first-order chi connectivity index (χ1) is 14.4. The van der Waals surface area contributed by atoms with Crippen LogP contribution in [0.15, 0.2) is 41.2 Å². The second kappa shape index (κ2) is 10.5. The molecule has 1 aromatic carbocycles. The molecule has 6 nitrogen and oxygen atoms in total. The molecule has 1 saturated heterocycles. The van der Waals surface area contributed by atoms with E-state index in [4.69, 9.17) is 0 Å². The molecule has 3 rings (SSSR count). The summed E-state index contributed by atoms with van der Waals surface area (Å²) in [6.07, 6.45) is 2.51. The number of aromatic nitrogens is 2. The lowest BCUT2D eigenvalue weighted by Gasteiger charge is -2.34. The minimum Gasteiger partial charge on any atom is -0.356 e. The Hall–Kier alpha value is -2.47. The van der Waals surface area contributed by atoms with E-state index < -0.39 is 0 Å². The lowest BCUT2D eigenvalue weighted by Crippen LogP contribution is -2.40. The molecule has 1 fully saturated rings. The lowest BCUT2D eigenvalue weighted by atomic mass is 9.92. The number of nitrogens with zero attached hydrogens (tertiary/aromatic N) is 3. The third kappa shape index (κ3) is 6.52. The predicted octanol–water partition coefficient (Wildman–Crippen LogP) is 3.09. The molecule has 1 N–H and O–H groups in total. The second-order valence-corrected chi connectivity index (χ2v) is 8.81. The van der Waals surface area contributed by atoms with Crippen LogP contribution in [0.1, 0.15) is 38.7 Å². The molecule has 0 unspecified atom stereocenters. The summed E-state index contributed by atoms with van der Waals surface area (Å²) in [7, 11) is 0. The van der Waals surface area contributed by atoms with Crippen LogP contribution in [0.3, 0.4) is 0 Å². The first-order valence-corrected chi connectivity index (χ1v) is 11.0. The molecule has 1 amide bonds. The molecule has 1 aliphatic heterocycles. The molecule has 2 heterocycles. The van der Waals surface area contributed by atoms with E-state index in [9.17, 15) is 9.59 Å². The van der Waals surface area contributed by atoms with Gasteiger partial charge < -0.3 is 10.2 Å². The molecular formula is C24H34N4O2. The number of likely N-dealkylation sites (tertiary alicyclic amines) is 1. The van der Waals surface area contributed by atoms with Crippen LogP contribution in [0.5, 0.6) is 0 Å². The number of nitrogens with one attached hydrogen (secondary N) is 1. The first kappa shape index (κ1) is 22.2. The van der Waals surface area contributed by atoms with Gasteiger partial charge in [0.15, 0.2) is 0 Å². The highest BCUT2D eigenvalue weighted by molar-refractivity contribution is 5.75. The Bertz CT molecular complexity index is 881. The van der Waals surface area contributed by atoms with E-state index in [1.54, 1.807) is 6.07 Å². The summed E-state index contributed by atoms with van der Waals surface area (Å²) < 4.78 is 1.38. The highest BCUT2D eigenvalue weighted by Crippen LogP contribution is 2.20. The molecule has 1 aromatic heterocycles. The third-order valence-electron chi connectivity index (χ3n) is 5.68. The summed E-state index contributed by atoms with van der Waals surface area (Å²) in [5.41, 5.74) is 2.68. The van der Waals surface area contributed by atoms with Crippen LogP contribution in [-0.4, -0.2) is 46.8 Å². The molecule has 1 aliphatic rings. The summed E-state index contributed by atoms with van der Waals surface area (Å²) in [5, 5.41) is 7.41. The van der Waals surface area contributed by atoms with Gasteiger partial charge >= 0.3 is 0 Å². The normalized spacial score (nSPS) is 19.6. The Morgan fingerprint density at radius 3 is 2.47 bits per heavy atom. The summed E-state index contributed by atoms with van der Waals surface area (Å²) in [6.45, 7) is 10.9. The van der Waals surface area contributed by atoms with E-state index in [-0.39, 0.29) is 24.4 Å². The van der Waals surface area contributed by atoms with Crippen molar-refractivity contribution in [1.82, 2.24) is 20.0 Å². The molecule has 0 aliphatic carbocycles. The maximum absolute atomic E-state index is 12.2. The van der Waals surface area contributed by atoms with Gasteiger partial charge in [0, 0.05) is 37.7 Å². The maximum atomic E-state index is 12.2. The van der Waals surface area contributed by atoms with Crippen LogP contribution in [0.4, 0.5) is 0 Å². The van der Waals surface area contributed by atoms with Crippen molar-refractivity contribution in [3.05, 3.63) is 52.3 Å². The van der Waals surface area contributed by atoms with Gasteiger partial charge in [-0.15, -0.1) is 0 Å². The molecule has 0 spiro atoms. The number of amides is 1. The van der Waals surface area contributed by atoms with E-state index in [2.05, 4.69) is 29.2 Å². The summed E-state index contributed by atoms with van der Waals surface area (Å²) in [6, 6.07) is 11.3. The van der Waals surface area contributed by atoms with E-state index >= 15 is 0 Å². The van der Waals surface area contributed by atoms with Crippen LogP contribution in [0.25, 0.3) is 11.3 Å². The van der Waals surface area contributed by atoms with Crippen molar-refractivity contribution < 1.29 is 4.79 Å². The molecule has 30 heavy (non-hydrogen) atoms. The van der Waals surface area contributed by atoms with Crippen molar-refractivity contribution in [2.45, 2.75) is 46.6 Å². The summed E-state index contributed by atoms with van der Waals surface area (Å²) in [4.78, 5) is 26.8. The van der Waals surface area contributed by atoms with Crippen LogP contribution in [0.2, 0.25) is 0 Å². The zero-order valence-electron chi connectivity index (χ0n) is 18.4. The SMILES string of the molecule is Cc1ccc(-c2ccc(=O)n(CCC(=O)NCCCN3C[C@H](C)C[C@H](C)C3)n2)cc1. The van der Waals surface area contributed by atoms with E-state index in [1.807, 2.05) is 31.2 Å². The Morgan fingerprint density at radius 1 is 1.07 bits per heavy atom. The largest absolute Gasteiger partial charge is 0.356 e. The van der Waals surface area contributed by atoms with Crippen LogP contribution >= 0.6 is 0 Å². The zero-order chi connectivity index (χ0) is 21.5. The number of rotatable bonds is 8. The average Bonchev–Trinajstić information content (AvgIpc) is 2.70. The molecule has 162 valence electrons. The monoisotopic (exact) mass is 410 g/mol. The van der Waals surface area contributed by atoms with Gasteiger partial charge in [-0.3, -0.25) is 9.59 Å². The van der Waals surface area contributed by atoms with Crippen molar-refractivity contribution in [1.29, 1.82) is 0 Å². The van der Waals surface area contributed by atoms with E-state index in [0.29, 0.717) is 6.54 Å². The Labute approximate surface area is 179 Å². The maximum Gasteiger partial charge on any atom is 0.266 e. The van der Waals surface area contributed by atoms with Crippen molar-refractivity contribution in [3.63, 3.8) is 0 Å². The first-order valence-electron chi connectivity index (χ1n) is 11.0. The smallest absolute Gasteiger partial charge is 0.266 e. The van der Waals surface area contributed by atoms with Gasteiger partial charge in [0.25, 0.3) is 5.56 Å². The quantitative estimate of drug-likeness (QED) is 0.679. The number of carbonyl (C=O) groups excluding carboxylic acids is 1. The minimum atomic E-state index is -0.188. The summed E-state index contributed by atoms with van der Waals surface area (Å²) in [5.74, 6) is 1.47. The molecule has 2 aromatic rings. The fourth-order valence-electron chi connectivity index (χ4n) is 4.29. The minimum absolute atomic E-state index is 0.0372. The van der Waals surface area contributed by atoms with Gasteiger partial charge in [0.1, 0.15) is 0 Å². The van der Waals surface area contributed by atoms with E-state index in [1.165, 1.54) is 22.7 Å². The zero-order valence-corrected chi connectivity index (χ0v) is 18.4. The third-order valence-corrected chi connectivity index (χ3v) is 5.68. The Balaban J connectivity index is 1.43. The molecular weight excluding hydrogens is 376 g/mol. The topological polar surface area (TPSA) is 67.2 Å². The fraction of sp³-hybridized carbons (Fsp3) is 0.542. The molecule has 0 radical (unpaired) electrons. The fourth-order valence-corrected chi connectivity index (χ4v) is 4.29. The van der Waals surface area contributed by atoms with Crippen molar-refractivity contribution in [3.8, 4) is 11.3 Å². The predicted molar refractivity (Wildman–Crippen MR) is 120 cm³/mol. The van der Waals surface area contributed by atoms with Gasteiger partial charge in [-0.2, -0.15) is 5.10 Å². The lowest BCUT2D eigenvalue weighted by molar-refractivity contribution is -0.121. The number of aryl methyl sites for hydroxylation is 2. The van der Waals surface area contributed by atoms with Gasteiger partial charge in [0.2, 0.25) is 5.91 Å². The van der Waals surface area contributed by atoms with Crippen LogP contribution < -0.4 is 10.9 Å². The number of benzene rings is 1. The van der Waals surface area contributed by atoms with Gasteiger partial charge in [-0.05, 0) is 44.2 Å². The van der Waals surface area contributed by atoms with Crippen LogP contribution in [0, 0.1) is 18.8 Å². The van der Waals surface area contributed by atoms with Crippen molar-refractivity contribution in [2.24, 2.45) is 11.8 Å². The highest BCUT2D eigenvalue weighted by atomic mass is 16.2. The van der Waals surface area contributed by atoms with Gasteiger partial charge in [0.05, 0.1) is 12.2 Å². The molecule has 6 heteroatoms. The second-order valence-electron chi connectivity index (χ2n) is 8.81. The summed E-state index contributed by atoms with van der Waals surface area (Å²) >= 11 is 0. The number of piperidine rings is 1. The van der Waals surface area contributed by atoms with Crippen LogP contribution in [-0.2, 0) is 11.3 Å². The van der Waals surface area contributed by atoms with E-state index in [0.717, 1.165) is 49.1 Å². The number of carbonyl (C=O) groups is 1. The van der Waals surface area contributed by atoms with Gasteiger partial charge in [-0.25, -0.2) is 4.68 Å². The highest BCUT2D eigenvalue weighted by Gasteiger charge is 2.21. The van der Waals surface area contributed by atoms with Crippen molar-refractivity contribution in [2.75, 3.05) is 26.2 Å². The molecule has 0 bridgehead atoms. The molecule has 0 saturated carbocycles. The Morgan fingerprint density at radius 2 is 1.77 bits per heavy atom. The van der Waals surface area contributed by atoms with Crippen molar-refractivity contribution >= 4 is 5.91 Å². The van der Waals surface area contributed by atoms with Gasteiger partial charge in [-0.1, -0.05) is 43.7 Å². The Kier molecular flexibility index (Phi) is 7.80. The molecule has 2 atom stereocenters. The number of hydrogen-bond donors (Lipinski definition) is 1. The standard InChI is InChI=1S/C24H34N4O2/c1-18-5-7-21(8-6-18)22-9-10-24(30)28(26-22)14-11-23(29)25-12-4-13-27-16-19(2)15-20(3)17-27/h5-10,19-20H,4,11-17H2,1-3H3,(H,25,29)/t19-,20+. The average molecular weight is 411 g/mol. The number of hydrogen-bond acceptors (Lipinski definition) is 4.